The molecule has 0 amide bonds. The molecule has 2 nitrogen and oxygen atoms in total. The predicted molar refractivity (Wildman–Crippen MR) is 58.0 cm³/mol. The van der Waals surface area contributed by atoms with Gasteiger partial charge in [-0.05, 0) is 36.6 Å². The van der Waals surface area contributed by atoms with Gasteiger partial charge in [-0.3, -0.25) is 0 Å². The molecule has 1 rings (SSSR count). The fourth-order valence-electron chi connectivity index (χ4n) is 1.22. The van der Waals surface area contributed by atoms with E-state index in [0.29, 0.717) is 18.1 Å². The van der Waals surface area contributed by atoms with Gasteiger partial charge in [-0.2, -0.15) is 0 Å². The maximum Gasteiger partial charge on any atom is 0.122 e. The predicted octanol–water partition coefficient (Wildman–Crippen LogP) is 2.66. The molecule has 0 unspecified atom stereocenters. The van der Waals surface area contributed by atoms with Crippen molar-refractivity contribution in [1.82, 2.24) is 0 Å². The van der Waals surface area contributed by atoms with Gasteiger partial charge in [0.15, 0.2) is 0 Å². The van der Waals surface area contributed by atoms with E-state index in [0.717, 1.165) is 17.7 Å². The molecule has 78 valence electrons. The number of halogens is 1. The zero-order valence-corrected chi connectivity index (χ0v) is 9.05. The highest BCUT2D eigenvalue weighted by Gasteiger charge is 2.03. The molecule has 0 saturated carbocycles. The molecule has 14 heavy (non-hydrogen) atoms. The zero-order valence-electron chi connectivity index (χ0n) is 8.29. The SMILES string of the molecule is CCCOc1ccc(Cl)cc1CCO. The molecule has 1 aromatic carbocycles. The van der Waals surface area contributed by atoms with E-state index in [2.05, 4.69) is 6.92 Å². The highest BCUT2D eigenvalue weighted by atomic mass is 35.5. The van der Waals surface area contributed by atoms with Gasteiger partial charge in [-0.1, -0.05) is 18.5 Å². The molecule has 0 fully saturated rings. The van der Waals surface area contributed by atoms with Crippen molar-refractivity contribution in [2.45, 2.75) is 19.8 Å². The molecule has 1 N–H and O–H groups in total. The molecule has 0 atom stereocenters. The standard InChI is InChI=1S/C11H15ClO2/c1-2-7-14-11-4-3-10(12)8-9(11)5-6-13/h3-4,8,13H,2,5-7H2,1H3. The molecule has 0 aliphatic heterocycles. The lowest BCUT2D eigenvalue weighted by Crippen LogP contribution is -2.00. The van der Waals surface area contributed by atoms with Crippen LogP contribution in [-0.4, -0.2) is 18.3 Å². The smallest absolute Gasteiger partial charge is 0.122 e. The minimum absolute atomic E-state index is 0.114. The fourth-order valence-corrected chi connectivity index (χ4v) is 1.41. The van der Waals surface area contributed by atoms with Gasteiger partial charge in [0.25, 0.3) is 0 Å². The summed E-state index contributed by atoms with van der Waals surface area (Å²) in [6.45, 7) is 2.87. The van der Waals surface area contributed by atoms with Crippen LogP contribution in [0.25, 0.3) is 0 Å². The van der Waals surface area contributed by atoms with Crippen molar-refractivity contribution in [2.24, 2.45) is 0 Å². The minimum Gasteiger partial charge on any atom is -0.493 e. The van der Waals surface area contributed by atoms with Crippen molar-refractivity contribution < 1.29 is 9.84 Å². The summed E-state index contributed by atoms with van der Waals surface area (Å²) in [6, 6.07) is 5.49. The average Bonchev–Trinajstić information content (AvgIpc) is 2.17. The monoisotopic (exact) mass is 214 g/mol. The summed E-state index contributed by atoms with van der Waals surface area (Å²) in [5.74, 6) is 0.824. The first-order chi connectivity index (χ1) is 6.77. The Morgan fingerprint density at radius 1 is 1.43 bits per heavy atom. The summed E-state index contributed by atoms with van der Waals surface area (Å²) in [5.41, 5.74) is 0.966. The quantitative estimate of drug-likeness (QED) is 0.817. The Hall–Kier alpha value is -0.730. The van der Waals surface area contributed by atoms with Crippen LogP contribution in [0, 0.1) is 0 Å². The summed E-state index contributed by atoms with van der Waals surface area (Å²) in [6.07, 6.45) is 1.56. The van der Waals surface area contributed by atoms with Crippen molar-refractivity contribution >= 4 is 11.6 Å². The van der Waals surface area contributed by atoms with Crippen molar-refractivity contribution in [1.29, 1.82) is 0 Å². The summed E-state index contributed by atoms with van der Waals surface area (Å²) < 4.78 is 5.52. The third-order valence-electron chi connectivity index (χ3n) is 1.87. The second kappa shape index (κ2) is 5.89. The molecule has 0 saturated heterocycles. The number of hydrogen-bond acceptors (Lipinski definition) is 2. The molecular formula is C11H15ClO2. The van der Waals surface area contributed by atoms with Crippen LogP contribution in [0.2, 0.25) is 5.02 Å². The van der Waals surface area contributed by atoms with Crippen LogP contribution in [0.1, 0.15) is 18.9 Å². The molecule has 0 radical (unpaired) electrons. The summed E-state index contributed by atoms with van der Waals surface area (Å²) in [5, 5.41) is 9.54. The molecule has 0 aliphatic rings. The van der Waals surface area contributed by atoms with E-state index in [4.69, 9.17) is 21.4 Å². The van der Waals surface area contributed by atoms with Gasteiger partial charge >= 0.3 is 0 Å². The van der Waals surface area contributed by atoms with Crippen LogP contribution in [0.4, 0.5) is 0 Å². The highest BCUT2D eigenvalue weighted by molar-refractivity contribution is 6.30. The Morgan fingerprint density at radius 2 is 2.21 bits per heavy atom. The largest absolute Gasteiger partial charge is 0.493 e. The molecule has 3 heteroatoms. The normalized spacial score (nSPS) is 10.2. The Kier molecular flexibility index (Phi) is 4.77. The molecule has 0 spiro atoms. The van der Waals surface area contributed by atoms with Gasteiger partial charge in [0.1, 0.15) is 5.75 Å². The third-order valence-corrected chi connectivity index (χ3v) is 2.10. The minimum atomic E-state index is 0.114. The van der Waals surface area contributed by atoms with Gasteiger partial charge < -0.3 is 9.84 Å². The maximum atomic E-state index is 8.86. The van der Waals surface area contributed by atoms with Gasteiger partial charge in [0.05, 0.1) is 6.61 Å². The lowest BCUT2D eigenvalue weighted by molar-refractivity contribution is 0.288. The first kappa shape index (κ1) is 11.3. The van der Waals surface area contributed by atoms with E-state index in [-0.39, 0.29) is 6.61 Å². The molecule has 0 aliphatic carbocycles. The Bertz CT molecular complexity index is 287. The third kappa shape index (κ3) is 3.20. The van der Waals surface area contributed by atoms with E-state index < -0.39 is 0 Å². The highest BCUT2D eigenvalue weighted by Crippen LogP contribution is 2.23. The van der Waals surface area contributed by atoms with Crippen LogP contribution in [0.3, 0.4) is 0 Å². The van der Waals surface area contributed by atoms with E-state index in [9.17, 15) is 0 Å². The average molecular weight is 215 g/mol. The maximum absolute atomic E-state index is 8.86. The van der Waals surface area contributed by atoms with Crippen LogP contribution < -0.4 is 4.74 Å². The summed E-state index contributed by atoms with van der Waals surface area (Å²) in [7, 11) is 0. The van der Waals surface area contributed by atoms with Crippen molar-refractivity contribution in [3.8, 4) is 5.75 Å². The van der Waals surface area contributed by atoms with Crippen molar-refractivity contribution in [2.75, 3.05) is 13.2 Å². The van der Waals surface area contributed by atoms with Crippen LogP contribution >= 0.6 is 11.6 Å². The Labute approximate surface area is 89.5 Å². The van der Waals surface area contributed by atoms with Crippen LogP contribution in [0.15, 0.2) is 18.2 Å². The van der Waals surface area contributed by atoms with Crippen molar-refractivity contribution in [3.63, 3.8) is 0 Å². The molecule has 1 aromatic rings. The van der Waals surface area contributed by atoms with Crippen LogP contribution in [-0.2, 0) is 6.42 Å². The van der Waals surface area contributed by atoms with Gasteiger partial charge in [-0.25, -0.2) is 0 Å². The number of benzene rings is 1. The molecule has 0 aromatic heterocycles. The second-order valence-corrected chi connectivity index (χ2v) is 3.51. The first-order valence-corrected chi connectivity index (χ1v) is 5.17. The molecule has 0 bridgehead atoms. The molecule has 0 heterocycles. The number of hydrogen-bond donors (Lipinski definition) is 1. The van der Waals surface area contributed by atoms with Crippen molar-refractivity contribution in [3.05, 3.63) is 28.8 Å². The zero-order chi connectivity index (χ0) is 10.4. The first-order valence-electron chi connectivity index (χ1n) is 4.80. The van der Waals surface area contributed by atoms with Gasteiger partial charge in [0, 0.05) is 11.6 Å². The van der Waals surface area contributed by atoms with E-state index >= 15 is 0 Å². The van der Waals surface area contributed by atoms with Gasteiger partial charge in [0.2, 0.25) is 0 Å². The Balaban J connectivity index is 2.78. The number of aliphatic hydroxyl groups is 1. The fraction of sp³-hybridized carbons (Fsp3) is 0.455. The molecular weight excluding hydrogens is 200 g/mol. The summed E-state index contributed by atoms with van der Waals surface area (Å²) >= 11 is 5.85. The van der Waals surface area contributed by atoms with E-state index in [1.807, 2.05) is 12.1 Å². The number of rotatable bonds is 5. The lowest BCUT2D eigenvalue weighted by Gasteiger charge is -2.10. The second-order valence-electron chi connectivity index (χ2n) is 3.07. The lowest BCUT2D eigenvalue weighted by atomic mass is 10.1. The van der Waals surface area contributed by atoms with Crippen LogP contribution in [0.5, 0.6) is 5.75 Å². The summed E-state index contributed by atoms with van der Waals surface area (Å²) in [4.78, 5) is 0. The van der Waals surface area contributed by atoms with E-state index in [1.54, 1.807) is 6.07 Å². The van der Waals surface area contributed by atoms with E-state index in [1.165, 1.54) is 0 Å². The number of aliphatic hydroxyl groups excluding tert-OH is 1. The topological polar surface area (TPSA) is 29.5 Å². The number of ether oxygens (including phenoxy) is 1. The Morgan fingerprint density at radius 3 is 2.86 bits per heavy atom. The van der Waals surface area contributed by atoms with Gasteiger partial charge in [-0.15, -0.1) is 0 Å².